The second kappa shape index (κ2) is 5.97. The van der Waals surface area contributed by atoms with E-state index >= 15 is 0 Å². The Kier molecular flexibility index (Phi) is 4.33. The molecule has 0 atom stereocenters. The van der Waals surface area contributed by atoms with Crippen LogP contribution in [0.25, 0.3) is 0 Å². The molecule has 1 aromatic carbocycles. The van der Waals surface area contributed by atoms with Gasteiger partial charge in [-0.1, -0.05) is 39.2 Å². The Bertz CT molecular complexity index is 514. The summed E-state index contributed by atoms with van der Waals surface area (Å²) in [6.07, 6.45) is 0.607. The van der Waals surface area contributed by atoms with E-state index in [0.717, 1.165) is 4.47 Å². The highest BCUT2D eigenvalue weighted by Gasteiger charge is 2.11. The van der Waals surface area contributed by atoms with Crippen molar-refractivity contribution in [3.63, 3.8) is 0 Å². The van der Waals surface area contributed by atoms with Crippen LogP contribution < -0.4 is 10.6 Å². The van der Waals surface area contributed by atoms with Crippen molar-refractivity contribution in [3.05, 3.63) is 40.2 Å². The lowest BCUT2D eigenvalue weighted by molar-refractivity contribution is 0.489. The molecule has 0 spiro atoms. The first-order valence-electron chi connectivity index (χ1n) is 5.67. The summed E-state index contributed by atoms with van der Waals surface area (Å²) < 4.78 is 6.57. The molecule has 1 aromatic heterocycles. The Labute approximate surface area is 114 Å². The van der Waals surface area contributed by atoms with E-state index in [0.29, 0.717) is 31.4 Å². The first-order valence-corrected chi connectivity index (χ1v) is 6.47. The van der Waals surface area contributed by atoms with Crippen LogP contribution >= 0.6 is 15.9 Å². The summed E-state index contributed by atoms with van der Waals surface area (Å²) in [7, 11) is 1.92. The fraction of sp³-hybridized carbons (Fsp3) is 0.333. The molecule has 2 aromatic rings. The molecule has 0 saturated heterocycles. The molecule has 0 radical (unpaired) electrons. The van der Waals surface area contributed by atoms with Gasteiger partial charge >= 0.3 is 6.01 Å². The molecule has 18 heavy (non-hydrogen) atoms. The Morgan fingerprint density at radius 1 is 1.33 bits per heavy atom. The van der Waals surface area contributed by atoms with Crippen molar-refractivity contribution in [1.29, 1.82) is 0 Å². The number of nitrogens with zero attached hydrogens (tertiary/aromatic N) is 3. The molecule has 0 aliphatic rings. The van der Waals surface area contributed by atoms with Crippen LogP contribution in [0.3, 0.4) is 0 Å². The van der Waals surface area contributed by atoms with E-state index in [1.54, 1.807) is 0 Å². The number of nitrogens with two attached hydrogens (primary N) is 1. The zero-order chi connectivity index (χ0) is 13.0. The van der Waals surface area contributed by atoms with E-state index in [9.17, 15) is 0 Å². The molecule has 96 valence electrons. The topological polar surface area (TPSA) is 68.2 Å². The Hall–Kier alpha value is -1.40. The minimum Gasteiger partial charge on any atom is -0.408 e. The standard InChI is InChI=1S/C12H15BrN4O/c1-17(8-9-4-2-3-5-10(9)13)12-16-15-11(18-12)6-7-14/h2-5H,6-8,14H2,1H3. The normalized spacial score (nSPS) is 10.6. The summed E-state index contributed by atoms with van der Waals surface area (Å²) in [5, 5.41) is 7.94. The predicted octanol–water partition coefficient (Wildman–Crippen LogP) is 1.97. The maximum absolute atomic E-state index is 5.51. The minimum atomic E-state index is 0.509. The summed E-state index contributed by atoms with van der Waals surface area (Å²) >= 11 is 3.52. The van der Waals surface area contributed by atoms with Gasteiger partial charge < -0.3 is 15.1 Å². The van der Waals surface area contributed by atoms with E-state index in [4.69, 9.17) is 10.2 Å². The van der Waals surface area contributed by atoms with Crippen LogP contribution in [0.15, 0.2) is 33.2 Å². The Morgan fingerprint density at radius 2 is 2.11 bits per heavy atom. The van der Waals surface area contributed by atoms with Crippen molar-refractivity contribution in [3.8, 4) is 0 Å². The van der Waals surface area contributed by atoms with Crippen molar-refractivity contribution in [2.45, 2.75) is 13.0 Å². The summed E-state index contributed by atoms with van der Waals surface area (Å²) in [6, 6.07) is 8.56. The zero-order valence-electron chi connectivity index (χ0n) is 10.1. The highest BCUT2D eigenvalue weighted by molar-refractivity contribution is 9.10. The molecule has 0 amide bonds. The molecule has 5 nitrogen and oxygen atoms in total. The first kappa shape index (κ1) is 13.0. The first-order chi connectivity index (χ1) is 8.70. The highest BCUT2D eigenvalue weighted by Crippen LogP contribution is 2.20. The summed E-state index contributed by atoms with van der Waals surface area (Å²) in [5.74, 6) is 0.575. The molecule has 0 aliphatic carbocycles. The third-order valence-corrected chi connectivity index (χ3v) is 3.28. The van der Waals surface area contributed by atoms with Gasteiger partial charge in [-0.25, -0.2) is 0 Å². The SMILES string of the molecule is CN(Cc1ccccc1Br)c1nnc(CCN)o1. The van der Waals surface area contributed by atoms with Crippen LogP contribution in [0.4, 0.5) is 6.01 Å². The van der Waals surface area contributed by atoms with Gasteiger partial charge in [0.05, 0.1) is 0 Å². The van der Waals surface area contributed by atoms with Gasteiger partial charge in [0.15, 0.2) is 0 Å². The lowest BCUT2D eigenvalue weighted by Crippen LogP contribution is -2.17. The summed E-state index contributed by atoms with van der Waals surface area (Å²) in [5.41, 5.74) is 6.61. The fourth-order valence-electron chi connectivity index (χ4n) is 1.57. The Balaban J connectivity index is 2.07. The lowest BCUT2D eigenvalue weighted by atomic mass is 10.2. The number of anilines is 1. The fourth-order valence-corrected chi connectivity index (χ4v) is 1.98. The molecular weight excluding hydrogens is 296 g/mol. The van der Waals surface area contributed by atoms with E-state index in [-0.39, 0.29) is 0 Å². The van der Waals surface area contributed by atoms with Crippen molar-refractivity contribution in [2.75, 3.05) is 18.5 Å². The van der Waals surface area contributed by atoms with Crippen molar-refractivity contribution >= 4 is 21.9 Å². The summed E-state index contributed by atoms with van der Waals surface area (Å²) in [6.45, 7) is 1.21. The predicted molar refractivity (Wildman–Crippen MR) is 73.3 cm³/mol. The van der Waals surface area contributed by atoms with Gasteiger partial charge in [-0.15, -0.1) is 5.10 Å². The van der Waals surface area contributed by atoms with Gasteiger partial charge in [0.1, 0.15) is 0 Å². The number of benzene rings is 1. The monoisotopic (exact) mass is 310 g/mol. The maximum atomic E-state index is 5.51. The van der Waals surface area contributed by atoms with Crippen LogP contribution in [0.2, 0.25) is 0 Å². The number of aromatic nitrogens is 2. The number of hydrogen-bond acceptors (Lipinski definition) is 5. The molecule has 1 heterocycles. The number of hydrogen-bond donors (Lipinski definition) is 1. The van der Waals surface area contributed by atoms with Crippen molar-refractivity contribution < 1.29 is 4.42 Å². The van der Waals surface area contributed by atoms with Gasteiger partial charge in [0.2, 0.25) is 5.89 Å². The van der Waals surface area contributed by atoms with E-state index in [1.165, 1.54) is 5.56 Å². The van der Waals surface area contributed by atoms with Gasteiger partial charge in [-0.05, 0) is 11.6 Å². The molecule has 6 heteroatoms. The molecule has 2 rings (SSSR count). The average Bonchev–Trinajstić information content (AvgIpc) is 2.81. The maximum Gasteiger partial charge on any atom is 0.318 e. The zero-order valence-corrected chi connectivity index (χ0v) is 11.7. The average molecular weight is 311 g/mol. The van der Waals surface area contributed by atoms with Crippen LogP contribution in [0.5, 0.6) is 0 Å². The molecule has 0 saturated carbocycles. The van der Waals surface area contributed by atoms with E-state index in [1.807, 2.05) is 30.1 Å². The number of rotatable bonds is 5. The molecule has 0 unspecified atom stereocenters. The van der Waals surface area contributed by atoms with Gasteiger partial charge in [-0.3, -0.25) is 0 Å². The lowest BCUT2D eigenvalue weighted by Gasteiger charge is -2.14. The van der Waals surface area contributed by atoms with E-state index in [2.05, 4.69) is 32.2 Å². The van der Waals surface area contributed by atoms with Crippen molar-refractivity contribution in [2.24, 2.45) is 5.73 Å². The quantitative estimate of drug-likeness (QED) is 0.914. The minimum absolute atomic E-state index is 0.509. The Morgan fingerprint density at radius 3 is 2.83 bits per heavy atom. The molecule has 2 N–H and O–H groups in total. The van der Waals surface area contributed by atoms with Crippen LogP contribution in [-0.2, 0) is 13.0 Å². The van der Waals surface area contributed by atoms with E-state index < -0.39 is 0 Å². The van der Waals surface area contributed by atoms with Crippen molar-refractivity contribution in [1.82, 2.24) is 10.2 Å². The molecule has 0 bridgehead atoms. The second-order valence-electron chi connectivity index (χ2n) is 3.96. The number of halogens is 1. The summed E-state index contributed by atoms with van der Waals surface area (Å²) in [4.78, 5) is 1.91. The largest absolute Gasteiger partial charge is 0.408 e. The van der Waals surface area contributed by atoms with Gasteiger partial charge in [0.25, 0.3) is 0 Å². The third kappa shape index (κ3) is 3.08. The van der Waals surface area contributed by atoms with Gasteiger partial charge in [-0.2, -0.15) is 0 Å². The molecular formula is C12H15BrN4O. The molecule has 0 aliphatic heterocycles. The highest BCUT2D eigenvalue weighted by atomic mass is 79.9. The molecule has 0 fully saturated rings. The van der Waals surface area contributed by atoms with Gasteiger partial charge in [0, 0.05) is 31.0 Å². The second-order valence-corrected chi connectivity index (χ2v) is 4.82. The van der Waals surface area contributed by atoms with Crippen LogP contribution in [0, 0.1) is 0 Å². The van der Waals surface area contributed by atoms with Crippen LogP contribution in [0.1, 0.15) is 11.5 Å². The van der Waals surface area contributed by atoms with Crippen LogP contribution in [-0.4, -0.2) is 23.8 Å². The smallest absolute Gasteiger partial charge is 0.318 e. The third-order valence-electron chi connectivity index (χ3n) is 2.51.